The Morgan fingerprint density at radius 1 is 1.22 bits per heavy atom. The van der Waals surface area contributed by atoms with Gasteiger partial charge in [0.1, 0.15) is 0 Å². The number of H-pyrrole nitrogens is 1. The summed E-state index contributed by atoms with van der Waals surface area (Å²) in [6.45, 7) is 9.46. The number of amides is 1. The Bertz CT molecular complexity index is 634. The van der Waals surface area contributed by atoms with Crippen LogP contribution in [0.3, 0.4) is 0 Å². The van der Waals surface area contributed by atoms with Gasteiger partial charge in [-0.1, -0.05) is 43.0 Å². The molecule has 0 saturated carbocycles. The van der Waals surface area contributed by atoms with E-state index in [0.717, 1.165) is 30.9 Å². The number of benzene rings is 1. The fraction of sp³-hybridized carbons (Fsp3) is 0.471. The third-order valence-electron chi connectivity index (χ3n) is 3.81. The Morgan fingerprint density at radius 3 is 2.43 bits per heavy atom. The molecule has 0 bridgehead atoms. The number of hydrogen-bond donors (Lipinski definition) is 1. The van der Waals surface area contributed by atoms with Gasteiger partial charge in [0.05, 0.1) is 5.25 Å². The molecule has 1 amide bonds. The Balaban J connectivity index is 2.05. The fourth-order valence-electron chi connectivity index (χ4n) is 2.33. The number of hydrogen-bond acceptors (Lipinski definition) is 4. The molecule has 1 aromatic carbocycles. The molecule has 0 fully saturated rings. The molecular weight excluding hydrogens is 308 g/mol. The summed E-state index contributed by atoms with van der Waals surface area (Å²) in [5, 5.41) is 7.59. The zero-order valence-electron chi connectivity index (χ0n) is 14.2. The van der Waals surface area contributed by atoms with Gasteiger partial charge in [0.15, 0.2) is 5.82 Å². The maximum Gasteiger partial charge on any atom is 0.235 e. The normalized spacial score (nSPS) is 12.2. The lowest BCUT2D eigenvalue weighted by Gasteiger charge is -2.21. The zero-order chi connectivity index (χ0) is 16.8. The largest absolute Gasteiger partial charge is 0.342 e. The number of carbonyl (C=O) groups is 1. The van der Waals surface area contributed by atoms with Gasteiger partial charge < -0.3 is 4.90 Å². The molecule has 124 valence electrons. The van der Waals surface area contributed by atoms with E-state index in [1.807, 2.05) is 37.8 Å². The molecule has 1 N–H and O–H groups in total. The summed E-state index contributed by atoms with van der Waals surface area (Å²) in [5.74, 6) is 0.858. The maximum atomic E-state index is 12.3. The number of aromatic nitrogens is 3. The predicted octanol–water partition coefficient (Wildman–Crippen LogP) is 3.38. The van der Waals surface area contributed by atoms with E-state index in [1.165, 1.54) is 17.3 Å². The van der Waals surface area contributed by atoms with E-state index in [9.17, 15) is 4.79 Å². The molecule has 0 aliphatic heterocycles. The van der Waals surface area contributed by atoms with E-state index in [-0.39, 0.29) is 11.2 Å². The molecule has 0 aliphatic rings. The van der Waals surface area contributed by atoms with Gasteiger partial charge in [-0.3, -0.25) is 9.89 Å². The second kappa shape index (κ2) is 8.15. The van der Waals surface area contributed by atoms with Crippen molar-refractivity contribution < 1.29 is 4.79 Å². The summed E-state index contributed by atoms with van der Waals surface area (Å²) in [4.78, 5) is 18.6. The van der Waals surface area contributed by atoms with Crippen molar-refractivity contribution in [3.63, 3.8) is 0 Å². The molecule has 0 aliphatic carbocycles. The molecule has 1 atom stereocenters. The molecule has 0 saturated heterocycles. The standard InChI is InChI=1S/C17H24N4OS/c1-5-13-8-10-14(11-9-13)15-18-17(20-19-15)23-12(4)16(22)21(6-2)7-3/h8-12H,5-7H2,1-4H3,(H,18,19,20)/t12-/m0/s1. The van der Waals surface area contributed by atoms with Crippen molar-refractivity contribution in [3.05, 3.63) is 29.8 Å². The van der Waals surface area contributed by atoms with Gasteiger partial charge >= 0.3 is 0 Å². The predicted molar refractivity (Wildman–Crippen MR) is 94.4 cm³/mol. The summed E-state index contributed by atoms with van der Waals surface area (Å²) in [6.07, 6.45) is 1.02. The van der Waals surface area contributed by atoms with Crippen LogP contribution in [0.2, 0.25) is 0 Å². The topological polar surface area (TPSA) is 61.9 Å². The minimum atomic E-state index is -0.194. The van der Waals surface area contributed by atoms with Crippen LogP contribution in [0.25, 0.3) is 11.4 Å². The highest BCUT2D eigenvalue weighted by atomic mass is 32.2. The van der Waals surface area contributed by atoms with E-state index in [4.69, 9.17) is 0 Å². The van der Waals surface area contributed by atoms with Crippen LogP contribution in [0.1, 0.15) is 33.3 Å². The minimum Gasteiger partial charge on any atom is -0.342 e. The highest BCUT2D eigenvalue weighted by molar-refractivity contribution is 8.00. The first kappa shape index (κ1) is 17.5. The molecule has 2 rings (SSSR count). The lowest BCUT2D eigenvalue weighted by Crippen LogP contribution is -2.36. The number of aromatic amines is 1. The lowest BCUT2D eigenvalue weighted by atomic mass is 10.1. The van der Waals surface area contributed by atoms with Crippen molar-refractivity contribution in [1.29, 1.82) is 0 Å². The number of thioether (sulfide) groups is 1. The van der Waals surface area contributed by atoms with Gasteiger partial charge in [-0.15, -0.1) is 5.10 Å². The average molecular weight is 332 g/mol. The Labute approximate surface area is 141 Å². The SMILES string of the molecule is CCc1ccc(-c2nc(S[C@@H](C)C(=O)N(CC)CC)n[nH]2)cc1. The number of carbonyl (C=O) groups excluding carboxylic acids is 1. The molecule has 0 spiro atoms. The minimum absolute atomic E-state index is 0.124. The molecule has 1 heterocycles. The second-order valence-electron chi connectivity index (χ2n) is 5.29. The summed E-state index contributed by atoms with van der Waals surface area (Å²) < 4.78 is 0. The molecule has 0 unspecified atom stereocenters. The molecule has 0 radical (unpaired) electrons. The lowest BCUT2D eigenvalue weighted by molar-refractivity contribution is -0.129. The van der Waals surface area contributed by atoms with Gasteiger partial charge in [-0.2, -0.15) is 0 Å². The van der Waals surface area contributed by atoms with Gasteiger partial charge in [-0.25, -0.2) is 4.98 Å². The summed E-state index contributed by atoms with van der Waals surface area (Å²) >= 11 is 1.39. The van der Waals surface area contributed by atoms with E-state index < -0.39 is 0 Å². The van der Waals surface area contributed by atoms with E-state index >= 15 is 0 Å². The number of aryl methyl sites for hydroxylation is 1. The van der Waals surface area contributed by atoms with Crippen LogP contribution >= 0.6 is 11.8 Å². The summed E-state index contributed by atoms with van der Waals surface area (Å²) in [7, 11) is 0. The van der Waals surface area contributed by atoms with Crippen LogP contribution < -0.4 is 0 Å². The van der Waals surface area contributed by atoms with Crippen molar-refractivity contribution in [2.75, 3.05) is 13.1 Å². The van der Waals surface area contributed by atoms with Crippen LogP contribution in [-0.2, 0) is 11.2 Å². The smallest absolute Gasteiger partial charge is 0.235 e. The monoisotopic (exact) mass is 332 g/mol. The van der Waals surface area contributed by atoms with Crippen molar-refractivity contribution in [1.82, 2.24) is 20.1 Å². The van der Waals surface area contributed by atoms with Crippen LogP contribution in [0.15, 0.2) is 29.4 Å². The fourth-order valence-corrected chi connectivity index (χ4v) is 3.14. The first-order valence-corrected chi connectivity index (χ1v) is 8.94. The molecule has 6 heteroatoms. The summed E-state index contributed by atoms with van der Waals surface area (Å²) in [5.41, 5.74) is 2.30. The van der Waals surface area contributed by atoms with E-state index in [2.05, 4.69) is 34.2 Å². The van der Waals surface area contributed by atoms with E-state index in [0.29, 0.717) is 5.16 Å². The van der Waals surface area contributed by atoms with Crippen LogP contribution in [-0.4, -0.2) is 44.3 Å². The third kappa shape index (κ3) is 4.34. The zero-order valence-corrected chi connectivity index (χ0v) is 15.0. The van der Waals surface area contributed by atoms with Gasteiger partial charge in [-0.05, 0) is 32.8 Å². The number of rotatable bonds is 7. The van der Waals surface area contributed by atoms with Crippen molar-refractivity contribution in [2.24, 2.45) is 0 Å². The molecule has 23 heavy (non-hydrogen) atoms. The average Bonchev–Trinajstić information content (AvgIpc) is 3.04. The van der Waals surface area contributed by atoms with Crippen LogP contribution in [0.5, 0.6) is 0 Å². The first-order chi connectivity index (χ1) is 11.1. The van der Waals surface area contributed by atoms with Gasteiger partial charge in [0.25, 0.3) is 0 Å². The third-order valence-corrected chi connectivity index (χ3v) is 4.75. The molecular formula is C17H24N4OS. The van der Waals surface area contributed by atoms with E-state index in [1.54, 1.807) is 0 Å². The van der Waals surface area contributed by atoms with Crippen molar-refractivity contribution >= 4 is 17.7 Å². The molecule has 1 aromatic heterocycles. The van der Waals surface area contributed by atoms with Gasteiger partial charge in [0.2, 0.25) is 11.1 Å². The van der Waals surface area contributed by atoms with Gasteiger partial charge in [0, 0.05) is 18.7 Å². The Kier molecular flexibility index (Phi) is 6.21. The molecule has 5 nitrogen and oxygen atoms in total. The quantitative estimate of drug-likeness (QED) is 0.790. The maximum absolute atomic E-state index is 12.3. The Morgan fingerprint density at radius 2 is 1.87 bits per heavy atom. The van der Waals surface area contributed by atoms with Crippen LogP contribution in [0, 0.1) is 0 Å². The van der Waals surface area contributed by atoms with Crippen LogP contribution in [0.4, 0.5) is 0 Å². The first-order valence-electron chi connectivity index (χ1n) is 8.06. The van der Waals surface area contributed by atoms with Crippen molar-refractivity contribution in [2.45, 2.75) is 44.5 Å². The highest BCUT2D eigenvalue weighted by Crippen LogP contribution is 2.24. The number of nitrogens with zero attached hydrogens (tertiary/aromatic N) is 3. The Hall–Kier alpha value is -1.82. The number of nitrogens with one attached hydrogen (secondary N) is 1. The van der Waals surface area contributed by atoms with Crippen molar-refractivity contribution in [3.8, 4) is 11.4 Å². The second-order valence-corrected chi connectivity index (χ2v) is 6.60. The summed E-state index contributed by atoms with van der Waals surface area (Å²) in [6, 6.07) is 8.27. The highest BCUT2D eigenvalue weighted by Gasteiger charge is 2.21. The molecule has 2 aromatic rings.